The quantitative estimate of drug-likeness (QED) is 0.856. The molecule has 0 heterocycles. The Hall–Kier alpha value is -1.13. The standard InChI is InChI=1S/C13H17N3O2S.ClH/c1-9-3-2-4-13(11(9)7-14)19(17,18)16-8-12(15)10-5-6-10;/h2-4,10,12,16H,5-6,8,15H2,1H3;1H. The average Bonchev–Trinajstić information content (AvgIpc) is 3.20. The Morgan fingerprint density at radius 3 is 2.70 bits per heavy atom. The van der Waals surface area contributed by atoms with Crippen molar-refractivity contribution in [2.75, 3.05) is 6.54 Å². The fourth-order valence-corrected chi connectivity index (χ4v) is 3.28. The van der Waals surface area contributed by atoms with Crippen LogP contribution in [0.25, 0.3) is 0 Å². The highest BCUT2D eigenvalue weighted by Crippen LogP contribution is 2.31. The number of nitrogens with two attached hydrogens (primary N) is 1. The van der Waals surface area contributed by atoms with Crippen molar-refractivity contribution in [2.45, 2.75) is 30.7 Å². The van der Waals surface area contributed by atoms with Crippen LogP contribution in [0, 0.1) is 24.2 Å². The van der Waals surface area contributed by atoms with Gasteiger partial charge in [-0.3, -0.25) is 0 Å². The van der Waals surface area contributed by atoms with Crippen molar-refractivity contribution >= 4 is 22.4 Å². The molecule has 1 saturated carbocycles. The molecule has 1 atom stereocenters. The van der Waals surface area contributed by atoms with Gasteiger partial charge in [-0.1, -0.05) is 12.1 Å². The second-order valence-electron chi connectivity index (χ2n) is 4.91. The topological polar surface area (TPSA) is 96.0 Å². The maximum Gasteiger partial charge on any atom is 0.241 e. The molecular weight excluding hydrogens is 298 g/mol. The van der Waals surface area contributed by atoms with Crippen molar-refractivity contribution in [3.05, 3.63) is 29.3 Å². The zero-order chi connectivity index (χ0) is 14.0. The molecule has 1 fully saturated rings. The molecule has 0 radical (unpaired) electrons. The molecule has 1 unspecified atom stereocenters. The van der Waals surface area contributed by atoms with Crippen LogP contribution in [0.1, 0.15) is 24.0 Å². The lowest BCUT2D eigenvalue weighted by Gasteiger charge is -2.13. The highest BCUT2D eigenvalue weighted by Gasteiger charge is 2.29. The number of halogens is 1. The maximum absolute atomic E-state index is 12.2. The van der Waals surface area contributed by atoms with Crippen molar-refractivity contribution in [3.63, 3.8) is 0 Å². The molecule has 1 aliphatic carbocycles. The molecule has 1 aliphatic rings. The van der Waals surface area contributed by atoms with E-state index in [0.29, 0.717) is 11.5 Å². The normalized spacial score (nSPS) is 16.1. The summed E-state index contributed by atoms with van der Waals surface area (Å²) in [4.78, 5) is 0.0259. The van der Waals surface area contributed by atoms with E-state index >= 15 is 0 Å². The summed E-state index contributed by atoms with van der Waals surface area (Å²) in [5, 5.41) is 9.07. The molecule has 0 bridgehead atoms. The third kappa shape index (κ3) is 3.70. The number of rotatable bonds is 5. The number of hydrogen-bond donors (Lipinski definition) is 2. The predicted octanol–water partition coefficient (Wildman–Crippen LogP) is 1.30. The number of aryl methyl sites for hydroxylation is 1. The van der Waals surface area contributed by atoms with E-state index in [0.717, 1.165) is 12.8 Å². The summed E-state index contributed by atoms with van der Waals surface area (Å²) in [6, 6.07) is 6.58. The zero-order valence-electron chi connectivity index (χ0n) is 11.2. The van der Waals surface area contributed by atoms with Crippen molar-refractivity contribution < 1.29 is 8.42 Å². The van der Waals surface area contributed by atoms with Gasteiger partial charge in [-0.15, -0.1) is 12.4 Å². The molecule has 7 heteroatoms. The summed E-state index contributed by atoms with van der Waals surface area (Å²) in [6.45, 7) is 1.93. The van der Waals surface area contributed by atoms with E-state index in [4.69, 9.17) is 11.0 Å². The second kappa shape index (κ2) is 6.55. The Kier molecular flexibility index (Phi) is 5.54. The van der Waals surface area contributed by atoms with E-state index in [1.165, 1.54) is 6.07 Å². The minimum Gasteiger partial charge on any atom is -0.326 e. The summed E-state index contributed by atoms with van der Waals surface area (Å²) in [5.74, 6) is 0.427. The molecule has 0 amide bonds. The Balaban J connectivity index is 0.00000200. The number of hydrogen-bond acceptors (Lipinski definition) is 4. The van der Waals surface area contributed by atoms with Crippen LogP contribution in [-0.4, -0.2) is 21.0 Å². The predicted molar refractivity (Wildman–Crippen MR) is 79.0 cm³/mol. The number of sulfonamides is 1. The molecule has 0 aliphatic heterocycles. The summed E-state index contributed by atoms with van der Waals surface area (Å²) in [5.41, 5.74) is 6.71. The van der Waals surface area contributed by atoms with Gasteiger partial charge in [0, 0.05) is 12.6 Å². The smallest absolute Gasteiger partial charge is 0.241 e. The van der Waals surface area contributed by atoms with Crippen molar-refractivity contribution in [1.82, 2.24) is 4.72 Å². The van der Waals surface area contributed by atoms with Gasteiger partial charge in [-0.25, -0.2) is 13.1 Å². The van der Waals surface area contributed by atoms with Crippen LogP contribution in [0.3, 0.4) is 0 Å². The summed E-state index contributed by atoms with van der Waals surface area (Å²) < 4.78 is 26.9. The SMILES string of the molecule is Cc1cccc(S(=O)(=O)NCC(N)C2CC2)c1C#N.Cl. The van der Waals surface area contributed by atoms with E-state index in [1.807, 2.05) is 6.07 Å². The second-order valence-corrected chi connectivity index (χ2v) is 6.65. The van der Waals surface area contributed by atoms with Crippen LogP contribution >= 0.6 is 12.4 Å². The Labute approximate surface area is 125 Å². The van der Waals surface area contributed by atoms with Gasteiger partial charge in [0.15, 0.2) is 0 Å². The first-order valence-electron chi connectivity index (χ1n) is 6.20. The first-order chi connectivity index (χ1) is 8.95. The van der Waals surface area contributed by atoms with Crippen LogP contribution in [0.2, 0.25) is 0 Å². The van der Waals surface area contributed by atoms with E-state index in [1.54, 1.807) is 19.1 Å². The molecule has 0 saturated heterocycles. The van der Waals surface area contributed by atoms with Gasteiger partial charge in [0.05, 0.1) is 10.5 Å². The van der Waals surface area contributed by atoms with Gasteiger partial charge in [-0.2, -0.15) is 5.26 Å². The number of nitrogens with zero attached hydrogens (tertiary/aromatic N) is 1. The number of nitriles is 1. The molecule has 1 aromatic rings. The van der Waals surface area contributed by atoms with Crippen LogP contribution in [0.15, 0.2) is 23.1 Å². The van der Waals surface area contributed by atoms with Crippen LogP contribution < -0.4 is 10.5 Å². The van der Waals surface area contributed by atoms with Gasteiger partial charge in [0.2, 0.25) is 10.0 Å². The van der Waals surface area contributed by atoms with Gasteiger partial charge in [0.25, 0.3) is 0 Å². The van der Waals surface area contributed by atoms with E-state index in [-0.39, 0.29) is 35.5 Å². The van der Waals surface area contributed by atoms with Crippen LogP contribution in [0.5, 0.6) is 0 Å². The first-order valence-corrected chi connectivity index (χ1v) is 7.69. The summed E-state index contributed by atoms with van der Waals surface area (Å²) in [7, 11) is -3.68. The molecule has 3 N–H and O–H groups in total. The number of benzene rings is 1. The van der Waals surface area contributed by atoms with E-state index in [2.05, 4.69) is 4.72 Å². The third-order valence-corrected chi connectivity index (χ3v) is 4.84. The summed E-state index contributed by atoms with van der Waals surface area (Å²) in [6.07, 6.45) is 2.13. The van der Waals surface area contributed by atoms with E-state index in [9.17, 15) is 8.42 Å². The lowest BCUT2D eigenvalue weighted by atomic mass is 10.1. The van der Waals surface area contributed by atoms with Crippen molar-refractivity contribution in [3.8, 4) is 6.07 Å². The Morgan fingerprint density at radius 2 is 2.15 bits per heavy atom. The van der Waals surface area contributed by atoms with Crippen LogP contribution in [0.4, 0.5) is 0 Å². The van der Waals surface area contributed by atoms with Crippen molar-refractivity contribution in [1.29, 1.82) is 5.26 Å². The highest BCUT2D eigenvalue weighted by molar-refractivity contribution is 7.89. The van der Waals surface area contributed by atoms with Gasteiger partial charge in [0.1, 0.15) is 6.07 Å². The monoisotopic (exact) mass is 315 g/mol. The average molecular weight is 316 g/mol. The Morgan fingerprint density at radius 1 is 1.50 bits per heavy atom. The van der Waals surface area contributed by atoms with Gasteiger partial charge in [-0.05, 0) is 37.3 Å². The molecule has 2 rings (SSSR count). The van der Waals surface area contributed by atoms with Gasteiger partial charge < -0.3 is 5.73 Å². The maximum atomic E-state index is 12.2. The largest absolute Gasteiger partial charge is 0.326 e. The fourth-order valence-electron chi connectivity index (χ4n) is 1.98. The van der Waals surface area contributed by atoms with Gasteiger partial charge >= 0.3 is 0 Å². The zero-order valence-corrected chi connectivity index (χ0v) is 12.8. The summed E-state index contributed by atoms with van der Waals surface area (Å²) >= 11 is 0. The molecule has 110 valence electrons. The molecule has 0 aromatic heterocycles. The van der Waals surface area contributed by atoms with Crippen molar-refractivity contribution in [2.24, 2.45) is 11.7 Å². The lowest BCUT2D eigenvalue weighted by molar-refractivity contribution is 0.547. The van der Waals surface area contributed by atoms with E-state index < -0.39 is 10.0 Å². The molecule has 0 spiro atoms. The lowest BCUT2D eigenvalue weighted by Crippen LogP contribution is -2.38. The fraction of sp³-hybridized carbons (Fsp3) is 0.462. The molecule has 20 heavy (non-hydrogen) atoms. The first kappa shape index (κ1) is 16.9. The number of nitrogens with one attached hydrogen (secondary N) is 1. The highest BCUT2D eigenvalue weighted by atomic mass is 35.5. The molecule has 1 aromatic carbocycles. The minimum atomic E-state index is -3.68. The minimum absolute atomic E-state index is 0. The molecule has 5 nitrogen and oxygen atoms in total. The Bertz CT molecular complexity index is 621. The molecular formula is C13H18ClN3O2S. The van der Waals surface area contributed by atoms with Crippen LogP contribution in [-0.2, 0) is 10.0 Å². The third-order valence-electron chi connectivity index (χ3n) is 3.37.